The van der Waals surface area contributed by atoms with Gasteiger partial charge in [0.15, 0.2) is 0 Å². The van der Waals surface area contributed by atoms with Gasteiger partial charge in [0, 0.05) is 12.7 Å². The number of nitrogen functional groups attached to an aromatic ring is 1. The third kappa shape index (κ3) is 1.98. The van der Waals surface area contributed by atoms with Gasteiger partial charge in [0.05, 0.1) is 5.69 Å². The predicted octanol–water partition coefficient (Wildman–Crippen LogP) is 0.733. The number of anilines is 1. The zero-order valence-electron chi connectivity index (χ0n) is 9.88. The standard InChI is InChI=1S/C13H13N3O2/c1-16-11(8-2-4-9(14)5-3-8)7-6-10(12(15)17)13(16)18/h2-7H,14H2,1H3,(H2,15,17). The molecule has 0 radical (unpaired) electrons. The van der Waals surface area contributed by atoms with E-state index in [4.69, 9.17) is 11.5 Å². The van der Waals surface area contributed by atoms with Gasteiger partial charge in [0.25, 0.3) is 11.5 Å². The fraction of sp³-hybridized carbons (Fsp3) is 0.0769. The van der Waals surface area contributed by atoms with Crippen LogP contribution in [0.15, 0.2) is 41.2 Å². The van der Waals surface area contributed by atoms with Gasteiger partial charge in [-0.3, -0.25) is 9.59 Å². The number of carbonyl (C=O) groups excluding carboxylic acids is 1. The van der Waals surface area contributed by atoms with Crippen molar-refractivity contribution in [1.29, 1.82) is 0 Å². The van der Waals surface area contributed by atoms with Crippen molar-refractivity contribution in [2.24, 2.45) is 12.8 Å². The van der Waals surface area contributed by atoms with E-state index in [-0.39, 0.29) is 5.56 Å². The van der Waals surface area contributed by atoms with E-state index >= 15 is 0 Å². The van der Waals surface area contributed by atoms with Gasteiger partial charge in [-0.05, 0) is 29.8 Å². The molecule has 4 N–H and O–H groups in total. The maximum absolute atomic E-state index is 11.9. The Bertz CT molecular complexity index is 657. The first-order chi connectivity index (χ1) is 8.50. The van der Waals surface area contributed by atoms with Gasteiger partial charge in [-0.15, -0.1) is 0 Å². The average molecular weight is 243 g/mol. The number of nitrogens with zero attached hydrogens (tertiary/aromatic N) is 1. The maximum Gasteiger partial charge on any atom is 0.263 e. The topological polar surface area (TPSA) is 91.1 Å². The molecule has 5 nitrogen and oxygen atoms in total. The van der Waals surface area contributed by atoms with Crippen LogP contribution in [0, 0.1) is 0 Å². The SMILES string of the molecule is Cn1c(-c2ccc(N)cc2)ccc(C(N)=O)c1=O. The molecule has 1 amide bonds. The summed E-state index contributed by atoms with van der Waals surface area (Å²) >= 11 is 0. The molecule has 1 heterocycles. The summed E-state index contributed by atoms with van der Waals surface area (Å²) in [5.41, 5.74) is 12.5. The zero-order valence-corrected chi connectivity index (χ0v) is 9.88. The third-order valence-electron chi connectivity index (χ3n) is 2.78. The summed E-state index contributed by atoms with van der Waals surface area (Å²) in [7, 11) is 1.60. The van der Waals surface area contributed by atoms with Gasteiger partial charge in [0.1, 0.15) is 5.56 Å². The first-order valence-electron chi connectivity index (χ1n) is 5.36. The normalized spacial score (nSPS) is 10.3. The van der Waals surface area contributed by atoms with Gasteiger partial charge in [0.2, 0.25) is 0 Å². The molecular formula is C13H13N3O2. The van der Waals surface area contributed by atoms with E-state index in [0.717, 1.165) is 5.56 Å². The highest BCUT2D eigenvalue weighted by molar-refractivity contribution is 5.92. The van der Waals surface area contributed by atoms with Crippen molar-refractivity contribution >= 4 is 11.6 Å². The Kier molecular flexibility index (Phi) is 2.89. The molecule has 0 saturated carbocycles. The van der Waals surface area contributed by atoms with E-state index in [1.807, 2.05) is 12.1 Å². The molecule has 1 aromatic carbocycles. The minimum atomic E-state index is -0.723. The maximum atomic E-state index is 11.9. The largest absolute Gasteiger partial charge is 0.399 e. The van der Waals surface area contributed by atoms with Crippen molar-refractivity contribution in [1.82, 2.24) is 4.57 Å². The summed E-state index contributed by atoms with van der Waals surface area (Å²) in [6.45, 7) is 0. The first-order valence-corrected chi connectivity index (χ1v) is 5.36. The Labute approximate surface area is 104 Å². The van der Waals surface area contributed by atoms with Crippen molar-refractivity contribution in [3.63, 3.8) is 0 Å². The number of pyridine rings is 1. The van der Waals surface area contributed by atoms with Gasteiger partial charge >= 0.3 is 0 Å². The van der Waals surface area contributed by atoms with Gasteiger partial charge in [-0.2, -0.15) is 0 Å². The Balaban J connectivity index is 2.61. The minimum absolute atomic E-state index is 0.0169. The van der Waals surface area contributed by atoms with E-state index in [1.165, 1.54) is 10.6 Å². The highest BCUT2D eigenvalue weighted by atomic mass is 16.2. The fourth-order valence-corrected chi connectivity index (χ4v) is 1.77. The summed E-state index contributed by atoms with van der Waals surface area (Å²) in [4.78, 5) is 23.0. The van der Waals surface area contributed by atoms with Crippen LogP contribution in [0.1, 0.15) is 10.4 Å². The Morgan fingerprint density at radius 3 is 2.28 bits per heavy atom. The van der Waals surface area contributed by atoms with Crippen LogP contribution in [0.2, 0.25) is 0 Å². The molecule has 5 heteroatoms. The van der Waals surface area contributed by atoms with Crippen molar-refractivity contribution in [2.75, 3.05) is 5.73 Å². The van der Waals surface area contributed by atoms with Crippen LogP contribution in [-0.2, 0) is 7.05 Å². The summed E-state index contributed by atoms with van der Waals surface area (Å²) < 4.78 is 1.39. The highest BCUT2D eigenvalue weighted by Gasteiger charge is 2.11. The number of nitrogens with two attached hydrogens (primary N) is 2. The molecule has 2 aromatic rings. The highest BCUT2D eigenvalue weighted by Crippen LogP contribution is 2.18. The number of primary amides is 1. The molecule has 92 valence electrons. The van der Waals surface area contributed by atoms with Crippen LogP contribution in [-0.4, -0.2) is 10.5 Å². The summed E-state index contributed by atoms with van der Waals surface area (Å²) in [6, 6.07) is 10.3. The molecule has 0 aliphatic heterocycles. The van der Waals surface area contributed by atoms with Crippen LogP contribution in [0.4, 0.5) is 5.69 Å². The molecular weight excluding hydrogens is 230 g/mol. The second kappa shape index (κ2) is 4.37. The van der Waals surface area contributed by atoms with E-state index in [9.17, 15) is 9.59 Å². The number of benzene rings is 1. The lowest BCUT2D eigenvalue weighted by molar-refractivity contribution is 0.0998. The lowest BCUT2D eigenvalue weighted by Crippen LogP contribution is -2.28. The molecule has 0 saturated heterocycles. The Morgan fingerprint density at radius 2 is 1.72 bits per heavy atom. The molecule has 0 spiro atoms. The molecule has 0 unspecified atom stereocenters. The predicted molar refractivity (Wildman–Crippen MR) is 70.0 cm³/mol. The first kappa shape index (κ1) is 11.9. The van der Waals surface area contributed by atoms with Crippen LogP contribution in [0.5, 0.6) is 0 Å². The van der Waals surface area contributed by atoms with Crippen molar-refractivity contribution < 1.29 is 4.79 Å². The zero-order chi connectivity index (χ0) is 13.3. The average Bonchev–Trinajstić information content (AvgIpc) is 2.33. The van der Waals surface area contributed by atoms with Crippen molar-refractivity contribution in [3.05, 3.63) is 52.3 Å². The lowest BCUT2D eigenvalue weighted by atomic mass is 10.1. The van der Waals surface area contributed by atoms with Crippen LogP contribution >= 0.6 is 0 Å². The molecule has 1 aromatic heterocycles. The van der Waals surface area contributed by atoms with Crippen LogP contribution in [0.25, 0.3) is 11.3 Å². The molecule has 0 aliphatic carbocycles. The van der Waals surface area contributed by atoms with Crippen molar-refractivity contribution in [2.45, 2.75) is 0 Å². The number of carbonyl (C=O) groups is 1. The summed E-state index contributed by atoms with van der Waals surface area (Å²) in [6.07, 6.45) is 0. The monoisotopic (exact) mass is 243 g/mol. The van der Waals surface area contributed by atoms with Crippen LogP contribution < -0.4 is 17.0 Å². The third-order valence-corrected chi connectivity index (χ3v) is 2.78. The number of rotatable bonds is 2. The van der Waals surface area contributed by atoms with Crippen molar-refractivity contribution in [3.8, 4) is 11.3 Å². The Morgan fingerprint density at radius 1 is 1.11 bits per heavy atom. The van der Waals surface area contributed by atoms with Gasteiger partial charge in [-0.25, -0.2) is 0 Å². The number of amides is 1. The molecule has 0 fully saturated rings. The van der Waals surface area contributed by atoms with Crippen LogP contribution in [0.3, 0.4) is 0 Å². The summed E-state index contributed by atoms with van der Waals surface area (Å²) in [5, 5.41) is 0. The van der Waals surface area contributed by atoms with E-state index in [0.29, 0.717) is 11.4 Å². The lowest BCUT2D eigenvalue weighted by Gasteiger charge is -2.09. The molecule has 18 heavy (non-hydrogen) atoms. The van der Waals surface area contributed by atoms with E-state index in [2.05, 4.69) is 0 Å². The second-order valence-electron chi connectivity index (χ2n) is 3.98. The van der Waals surface area contributed by atoms with E-state index < -0.39 is 11.5 Å². The molecule has 0 aliphatic rings. The number of hydrogen-bond acceptors (Lipinski definition) is 3. The smallest absolute Gasteiger partial charge is 0.263 e. The molecule has 2 rings (SSSR count). The second-order valence-corrected chi connectivity index (χ2v) is 3.98. The molecule has 0 atom stereocenters. The fourth-order valence-electron chi connectivity index (χ4n) is 1.77. The summed E-state index contributed by atoms with van der Waals surface area (Å²) in [5.74, 6) is -0.723. The quantitative estimate of drug-likeness (QED) is 0.762. The number of hydrogen-bond donors (Lipinski definition) is 2. The molecule has 0 bridgehead atoms. The van der Waals surface area contributed by atoms with Gasteiger partial charge in [-0.1, -0.05) is 12.1 Å². The Hall–Kier alpha value is -2.56. The van der Waals surface area contributed by atoms with E-state index in [1.54, 1.807) is 25.2 Å². The number of aromatic nitrogens is 1. The minimum Gasteiger partial charge on any atom is -0.399 e. The van der Waals surface area contributed by atoms with Gasteiger partial charge < -0.3 is 16.0 Å².